The van der Waals surface area contributed by atoms with Gasteiger partial charge >= 0.3 is 0 Å². The second kappa shape index (κ2) is 6.55. The standard InChI is InChI=1S/C14H20N2OS/c1-4-14(5-2,11-15)13(17)16(3)9-8-12-7-6-10-18-12/h6-7,10H,4-5,8-9H2,1-3H3. The maximum atomic E-state index is 12.3. The van der Waals surface area contributed by atoms with Gasteiger partial charge in [0.05, 0.1) is 6.07 Å². The molecule has 1 aromatic rings. The van der Waals surface area contributed by atoms with Crippen LogP contribution in [0.3, 0.4) is 0 Å². The van der Waals surface area contributed by atoms with E-state index in [1.807, 2.05) is 25.3 Å². The zero-order valence-corrected chi connectivity index (χ0v) is 12.1. The molecule has 98 valence electrons. The number of carbonyl (C=O) groups excluding carboxylic acids is 1. The molecule has 0 bridgehead atoms. The van der Waals surface area contributed by atoms with Gasteiger partial charge in [0.1, 0.15) is 5.41 Å². The van der Waals surface area contributed by atoms with E-state index in [0.717, 1.165) is 6.42 Å². The van der Waals surface area contributed by atoms with E-state index in [4.69, 9.17) is 0 Å². The molecule has 0 aliphatic rings. The first-order valence-electron chi connectivity index (χ1n) is 6.28. The predicted molar refractivity (Wildman–Crippen MR) is 74.3 cm³/mol. The lowest BCUT2D eigenvalue weighted by atomic mass is 9.82. The molecule has 0 radical (unpaired) electrons. The van der Waals surface area contributed by atoms with Crippen LogP contribution in [0.4, 0.5) is 0 Å². The maximum absolute atomic E-state index is 12.3. The summed E-state index contributed by atoms with van der Waals surface area (Å²) in [6.45, 7) is 4.47. The van der Waals surface area contributed by atoms with Crippen LogP contribution in [0.1, 0.15) is 31.6 Å². The average molecular weight is 264 g/mol. The van der Waals surface area contributed by atoms with Crippen molar-refractivity contribution in [3.63, 3.8) is 0 Å². The molecule has 0 saturated heterocycles. The van der Waals surface area contributed by atoms with E-state index in [2.05, 4.69) is 12.1 Å². The van der Waals surface area contributed by atoms with E-state index in [1.165, 1.54) is 4.88 Å². The van der Waals surface area contributed by atoms with Crippen molar-refractivity contribution in [1.82, 2.24) is 4.90 Å². The first-order chi connectivity index (χ1) is 8.59. The lowest BCUT2D eigenvalue weighted by Crippen LogP contribution is -2.41. The van der Waals surface area contributed by atoms with Crippen LogP contribution in [-0.4, -0.2) is 24.4 Å². The van der Waals surface area contributed by atoms with Gasteiger partial charge in [-0.15, -0.1) is 11.3 Å². The summed E-state index contributed by atoms with van der Waals surface area (Å²) in [4.78, 5) is 15.3. The Hall–Kier alpha value is -1.34. The Balaban J connectivity index is 2.63. The van der Waals surface area contributed by atoms with Gasteiger partial charge in [0.2, 0.25) is 5.91 Å². The van der Waals surface area contributed by atoms with E-state index in [-0.39, 0.29) is 5.91 Å². The minimum absolute atomic E-state index is 0.0495. The molecule has 1 amide bonds. The van der Waals surface area contributed by atoms with Gasteiger partial charge in [-0.05, 0) is 30.7 Å². The van der Waals surface area contributed by atoms with E-state index in [0.29, 0.717) is 19.4 Å². The minimum atomic E-state index is -0.843. The molecule has 3 nitrogen and oxygen atoms in total. The highest BCUT2D eigenvalue weighted by Gasteiger charge is 2.37. The van der Waals surface area contributed by atoms with Crippen molar-refractivity contribution in [2.75, 3.05) is 13.6 Å². The normalized spacial score (nSPS) is 11.0. The number of amides is 1. The van der Waals surface area contributed by atoms with E-state index < -0.39 is 5.41 Å². The lowest BCUT2D eigenvalue weighted by Gasteiger charge is -2.28. The van der Waals surface area contributed by atoms with E-state index in [9.17, 15) is 10.1 Å². The highest BCUT2D eigenvalue weighted by Crippen LogP contribution is 2.27. The third-order valence-corrected chi connectivity index (χ3v) is 4.39. The Kier molecular flexibility index (Phi) is 5.36. The van der Waals surface area contributed by atoms with Crippen LogP contribution in [0.5, 0.6) is 0 Å². The molecule has 0 unspecified atom stereocenters. The van der Waals surface area contributed by atoms with E-state index in [1.54, 1.807) is 23.3 Å². The molecular formula is C14H20N2OS. The number of hydrogen-bond acceptors (Lipinski definition) is 3. The Labute approximate surface area is 113 Å². The van der Waals surface area contributed by atoms with Gasteiger partial charge in [-0.3, -0.25) is 4.79 Å². The van der Waals surface area contributed by atoms with Crippen molar-refractivity contribution in [2.45, 2.75) is 33.1 Å². The van der Waals surface area contributed by atoms with Gasteiger partial charge in [-0.2, -0.15) is 5.26 Å². The summed E-state index contributed by atoms with van der Waals surface area (Å²) in [5, 5.41) is 11.3. The molecule has 4 heteroatoms. The summed E-state index contributed by atoms with van der Waals surface area (Å²) < 4.78 is 0. The zero-order chi connectivity index (χ0) is 13.6. The second-order valence-electron chi connectivity index (χ2n) is 4.46. The number of hydrogen-bond donors (Lipinski definition) is 0. The van der Waals surface area contributed by atoms with Gasteiger partial charge in [-0.25, -0.2) is 0 Å². The fourth-order valence-corrected chi connectivity index (χ4v) is 2.66. The monoisotopic (exact) mass is 264 g/mol. The van der Waals surface area contributed by atoms with Gasteiger partial charge in [0, 0.05) is 18.5 Å². The molecular weight excluding hydrogens is 244 g/mol. The van der Waals surface area contributed by atoms with Crippen LogP contribution in [0.15, 0.2) is 17.5 Å². The largest absolute Gasteiger partial charge is 0.344 e. The van der Waals surface area contributed by atoms with Crippen LogP contribution in [-0.2, 0) is 11.2 Å². The molecule has 0 aromatic carbocycles. The quantitative estimate of drug-likeness (QED) is 0.792. The summed E-state index contributed by atoms with van der Waals surface area (Å²) >= 11 is 1.70. The Morgan fingerprint density at radius 2 is 2.17 bits per heavy atom. The smallest absolute Gasteiger partial charge is 0.242 e. The van der Waals surface area contributed by atoms with Gasteiger partial charge in [0.25, 0.3) is 0 Å². The molecule has 0 aliphatic heterocycles. The summed E-state index contributed by atoms with van der Waals surface area (Å²) in [5.41, 5.74) is -0.843. The Morgan fingerprint density at radius 1 is 1.50 bits per heavy atom. The Morgan fingerprint density at radius 3 is 2.61 bits per heavy atom. The number of rotatable bonds is 6. The first-order valence-corrected chi connectivity index (χ1v) is 7.16. The molecule has 1 aromatic heterocycles. The molecule has 0 spiro atoms. The van der Waals surface area contributed by atoms with Crippen molar-refractivity contribution >= 4 is 17.2 Å². The average Bonchev–Trinajstić information content (AvgIpc) is 2.91. The number of thiophene rings is 1. The summed E-state index contributed by atoms with van der Waals surface area (Å²) in [6, 6.07) is 6.28. The topological polar surface area (TPSA) is 44.1 Å². The van der Waals surface area contributed by atoms with Crippen LogP contribution < -0.4 is 0 Å². The van der Waals surface area contributed by atoms with Gasteiger partial charge in [0.15, 0.2) is 0 Å². The van der Waals surface area contributed by atoms with Crippen molar-refractivity contribution in [2.24, 2.45) is 5.41 Å². The number of nitrogens with zero attached hydrogens (tertiary/aromatic N) is 2. The van der Waals surface area contributed by atoms with Crippen molar-refractivity contribution < 1.29 is 4.79 Å². The third-order valence-electron chi connectivity index (χ3n) is 3.45. The molecule has 0 saturated carbocycles. The number of likely N-dealkylation sites (N-methyl/N-ethyl adjacent to an activating group) is 1. The Bertz CT molecular complexity index is 416. The molecule has 0 N–H and O–H groups in total. The van der Waals surface area contributed by atoms with Crippen LogP contribution in [0.2, 0.25) is 0 Å². The molecule has 18 heavy (non-hydrogen) atoms. The molecule has 0 aliphatic carbocycles. The number of carbonyl (C=O) groups is 1. The van der Waals surface area contributed by atoms with Crippen LogP contribution >= 0.6 is 11.3 Å². The van der Waals surface area contributed by atoms with Crippen LogP contribution in [0.25, 0.3) is 0 Å². The van der Waals surface area contributed by atoms with Crippen molar-refractivity contribution in [1.29, 1.82) is 5.26 Å². The molecule has 1 heterocycles. The van der Waals surface area contributed by atoms with Crippen LogP contribution in [0, 0.1) is 16.7 Å². The minimum Gasteiger partial charge on any atom is -0.344 e. The summed E-state index contributed by atoms with van der Waals surface area (Å²) in [5.74, 6) is -0.0495. The fourth-order valence-electron chi connectivity index (χ4n) is 1.96. The van der Waals surface area contributed by atoms with Gasteiger partial charge in [-0.1, -0.05) is 19.9 Å². The van der Waals surface area contributed by atoms with Gasteiger partial charge < -0.3 is 4.90 Å². The molecule has 0 atom stereocenters. The highest BCUT2D eigenvalue weighted by molar-refractivity contribution is 7.09. The summed E-state index contributed by atoms with van der Waals surface area (Å²) in [6.07, 6.45) is 2.00. The first kappa shape index (κ1) is 14.7. The molecule has 0 fully saturated rings. The second-order valence-corrected chi connectivity index (χ2v) is 5.49. The van der Waals surface area contributed by atoms with E-state index >= 15 is 0 Å². The van der Waals surface area contributed by atoms with Crippen molar-refractivity contribution in [3.8, 4) is 6.07 Å². The zero-order valence-electron chi connectivity index (χ0n) is 11.3. The number of nitriles is 1. The lowest BCUT2D eigenvalue weighted by molar-refractivity contribution is -0.138. The summed E-state index contributed by atoms with van der Waals surface area (Å²) in [7, 11) is 1.79. The fraction of sp³-hybridized carbons (Fsp3) is 0.571. The highest BCUT2D eigenvalue weighted by atomic mass is 32.1. The van der Waals surface area contributed by atoms with Crippen molar-refractivity contribution in [3.05, 3.63) is 22.4 Å². The molecule has 1 rings (SSSR count). The maximum Gasteiger partial charge on any atom is 0.242 e. The third kappa shape index (κ3) is 3.11. The SMILES string of the molecule is CCC(C#N)(CC)C(=O)N(C)CCc1cccs1. The predicted octanol–water partition coefficient (Wildman–Crippen LogP) is 3.08.